The molecule has 0 radical (unpaired) electrons. The second-order valence-corrected chi connectivity index (χ2v) is 6.46. The largest absolute Gasteiger partial charge is 0.480 e. The molecule has 2 aromatic rings. The number of carbonyl (C=O) groups is 2. The van der Waals surface area contributed by atoms with Crippen LogP contribution in [0.2, 0.25) is 0 Å². The molecule has 1 aliphatic rings. The lowest BCUT2D eigenvalue weighted by molar-refractivity contribution is -0.142. The van der Waals surface area contributed by atoms with E-state index in [1.54, 1.807) is 6.92 Å². The lowest BCUT2D eigenvalue weighted by Crippen LogP contribution is -2.48. The molecule has 0 spiro atoms. The molecule has 0 bridgehead atoms. The predicted molar refractivity (Wildman–Crippen MR) is 95.9 cm³/mol. The van der Waals surface area contributed by atoms with E-state index < -0.39 is 30.3 Å². The van der Waals surface area contributed by atoms with E-state index in [0.717, 1.165) is 22.3 Å². The first-order chi connectivity index (χ1) is 12.4. The second-order valence-electron chi connectivity index (χ2n) is 6.46. The van der Waals surface area contributed by atoms with Crippen molar-refractivity contribution < 1.29 is 24.5 Å². The summed E-state index contributed by atoms with van der Waals surface area (Å²) in [4.78, 5) is 23.3. The molecule has 2 aromatic carbocycles. The standard InChI is InChI=1S/C20H21NO5/c1-11(22)18(19(23)24)21-20(25)26-12(2)17-15-9-5-3-7-13(15)14-8-4-6-10-16(14)17/h3-12,17-18,22H,1-2H3,(H,21,25)(H,23,24)/t11-,12?,18+/m0/s1. The maximum atomic E-state index is 12.1. The van der Waals surface area contributed by atoms with Gasteiger partial charge in [-0.05, 0) is 36.1 Å². The van der Waals surface area contributed by atoms with Crippen LogP contribution in [-0.4, -0.2) is 40.5 Å². The zero-order chi connectivity index (χ0) is 18.8. The Labute approximate surface area is 151 Å². The number of aliphatic carboxylic acids is 1. The molecule has 0 aliphatic heterocycles. The topological polar surface area (TPSA) is 95.9 Å². The zero-order valence-electron chi connectivity index (χ0n) is 14.5. The maximum absolute atomic E-state index is 12.1. The first kappa shape index (κ1) is 17.9. The molecule has 3 N–H and O–H groups in total. The van der Waals surface area contributed by atoms with Crippen molar-refractivity contribution in [1.82, 2.24) is 5.32 Å². The first-order valence-electron chi connectivity index (χ1n) is 8.46. The van der Waals surface area contributed by atoms with E-state index in [1.165, 1.54) is 6.92 Å². The van der Waals surface area contributed by atoms with Crippen LogP contribution < -0.4 is 5.32 Å². The Morgan fingerprint density at radius 1 is 1.00 bits per heavy atom. The number of aliphatic hydroxyl groups excluding tert-OH is 1. The van der Waals surface area contributed by atoms with Gasteiger partial charge in [-0.25, -0.2) is 9.59 Å². The number of fused-ring (bicyclic) bond motifs is 3. The molecule has 1 amide bonds. The van der Waals surface area contributed by atoms with Gasteiger partial charge in [-0.2, -0.15) is 0 Å². The molecule has 6 heteroatoms. The van der Waals surface area contributed by atoms with Crippen molar-refractivity contribution >= 4 is 12.1 Å². The van der Waals surface area contributed by atoms with Gasteiger partial charge >= 0.3 is 12.1 Å². The quantitative estimate of drug-likeness (QED) is 0.766. The average molecular weight is 355 g/mol. The average Bonchev–Trinajstić information content (AvgIpc) is 2.93. The van der Waals surface area contributed by atoms with Crippen LogP contribution in [0.3, 0.4) is 0 Å². The number of benzene rings is 2. The third-order valence-corrected chi connectivity index (χ3v) is 4.67. The van der Waals surface area contributed by atoms with Gasteiger partial charge < -0.3 is 20.3 Å². The van der Waals surface area contributed by atoms with Gasteiger partial charge in [0.05, 0.1) is 6.10 Å². The van der Waals surface area contributed by atoms with E-state index in [9.17, 15) is 14.7 Å². The summed E-state index contributed by atoms with van der Waals surface area (Å²) in [6.07, 6.45) is -2.61. The van der Waals surface area contributed by atoms with Crippen molar-refractivity contribution in [1.29, 1.82) is 0 Å². The number of amides is 1. The summed E-state index contributed by atoms with van der Waals surface area (Å²) in [6.45, 7) is 3.08. The van der Waals surface area contributed by atoms with Crippen molar-refractivity contribution in [2.24, 2.45) is 0 Å². The highest BCUT2D eigenvalue weighted by molar-refractivity contribution is 5.81. The van der Waals surface area contributed by atoms with Crippen LogP contribution in [0.25, 0.3) is 11.1 Å². The summed E-state index contributed by atoms with van der Waals surface area (Å²) in [5.41, 5.74) is 4.35. The molecule has 3 rings (SSSR count). The van der Waals surface area contributed by atoms with Crippen LogP contribution in [0.4, 0.5) is 4.79 Å². The Kier molecular flexibility index (Phi) is 4.95. The number of rotatable bonds is 5. The summed E-state index contributed by atoms with van der Waals surface area (Å²) in [5.74, 6) is -1.45. The number of carboxylic acids is 1. The highest BCUT2D eigenvalue weighted by atomic mass is 16.6. The molecule has 0 heterocycles. The van der Waals surface area contributed by atoms with Gasteiger partial charge in [0, 0.05) is 5.92 Å². The Hall–Kier alpha value is -2.86. The van der Waals surface area contributed by atoms with Crippen LogP contribution in [0.5, 0.6) is 0 Å². The smallest absolute Gasteiger partial charge is 0.408 e. The van der Waals surface area contributed by atoms with Gasteiger partial charge in [-0.3, -0.25) is 0 Å². The molecular weight excluding hydrogens is 334 g/mol. The third-order valence-electron chi connectivity index (χ3n) is 4.67. The van der Waals surface area contributed by atoms with E-state index in [4.69, 9.17) is 9.84 Å². The molecule has 26 heavy (non-hydrogen) atoms. The molecule has 0 saturated carbocycles. The van der Waals surface area contributed by atoms with Gasteiger partial charge in [0.2, 0.25) is 0 Å². The molecule has 1 aliphatic carbocycles. The summed E-state index contributed by atoms with van der Waals surface area (Å²) in [7, 11) is 0. The van der Waals surface area contributed by atoms with Gasteiger partial charge in [0.1, 0.15) is 6.10 Å². The normalized spacial score (nSPS) is 16.1. The van der Waals surface area contributed by atoms with Crippen molar-refractivity contribution in [2.75, 3.05) is 0 Å². The summed E-state index contributed by atoms with van der Waals surface area (Å²) >= 11 is 0. The molecule has 1 unspecified atom stereocenters. The molecule has 0 aromatic heterocycles. The van der Waals surface area contributed by atoms with Gasteiger partial charge in [-0.1, -0.05) is 48.5 Å². The number of nitrogens with one attached hydrogen (secondary N) is 1. The third kappa shape index (κ3) is 3.28. The number of carbonyl (C=O) groups excluding carboxylic acids is 1. The van der Waals surface area contributed by atoms with Gasteiger partial charge in [0.15, 0.2) is 6.04 Å². The minimum Gasteiger partial charge on any atom is -0.480 e. The first-order valence-corrected chi connectivity index (χ1v) is 8.46. The lowest BCUT2D eigenvalue weighted by Gasteiger charge is -2.24. The molecule has 3 atom stereocenters. The van der Waals surface area contributed by atoms with Crippen molar-refractivity contribution in [3.8, 4) is 11.1 Å². The molecule has 6 nitrogen and oxygen atoms in total. The van der Waals surface area contributed by atoms with Crippen molar-refractivity contribution in [2.45, 2.75) is 38.0 Å². The van der Waals surface area contributed by atoms with Crippen LogP contribution in [0.1, 0.15) is 30.9 Å². The molecule has 136 valence electrons. The van der Waals surface area contributed by atoms with E-state index >= 15 is 0 Å². The van der Waals surface area contributed by atoms with Crippen LogP contribution >= 0.6 is 0 Å². The second kappa shape index (κ2) is 7.17. The Morgan fingerprint density at radius 3 is 1.96 bits per heavy atom. The number of aliphatic hydroxyl groups is 1. The zero-order valence-corrected chi connectivity index (χ0v) is 14.5. The molecule has 0 fully saturated rings. The highest BCUT2D eigenvalue weighted by Crippen LogP contribution is 2.46. The van der Waals surface area contributed by atoms with Crippen LogP contribution in [-0.2, 0) is 9.53 Å². The molecular formula is C20H21NO5. The lowest BCUT2D eigenvalue weighted by atomic mass is 9.92. The monoisotopic (exact) mass is 355 g/mol. The van der Waals surface area contributed by atoms with Crippen LogP contribution in [0.15, 0.2) is 48.5 Å². The fourth-order valence-corrected chi connectivity index (χ4v) is 3.49. The minimum absolute atomic E-state index is 0.136. The Morgan fingerprint density at radius 2 is 1.50 bits per heavy atom. The van der Waals surface area contributed by atoms with Gasteiger partial charge in [0.25, 0.3) is 0 Å². The maximum Gasteiger partial charge on any atom is 0.408 e. The minimum atomic E-state index is -1.42. The Balaban J connectivity index is 1.81. The fraction of sp³-hybridized carbons (Fsp3) is 0.300. The predicted octanol–water partition coefficient (Wildman–Crippen LogP) is 2.75. The highest BCUT2D eigenvalue weighted by Gasteiger charge is 2.35. The van der Waals surface area contributed by atoms with E-state index in [1.807, 2.05) is 48.5 Å². The van der Waals surface area contributed by atoms with Crippen molar-refractivity contribution in [3.63, 3.8) is 0 Å². The van der Waals surface area contributed by atoms with E-state index in [2.05, 4.69) is 5.32 Å². The van der Waals surface area contributed by atoms with Crippen molar-refractivity contribution in [3.05, 3.63) is 59.7 Å². The van der Waals surface area contributed by atoms with E-state index in [-0.39, 0.29) is 5.92 Å². The number of hydrogen-bond acceptors (Lipinski definition) is 4. The SMILES string of the molecule is CC(OC(=O)N[C@@H](C(=O)O)[C@H](C)O)C1c2ccccc2-c2ccccc21. The summed E-state index contributed by atoms with van der Waals surface area (Å²) < 4.78 is 5.45. The van der Waals surface area contributed by atoms with E-state index in [0.29, 0.717) is 0 Å². The fourth-order valence-electron chi connectivity index (χ4n) is 3.49. The Bertz CT molecular complexity index is 787. The number of ether oxygens (including phenoxy) is 1. The molecule has 0 saturated heterocycles. The number of alkyl carbamates (subject to hydrolysis) is 1. The number of hydrogen-bond donors (Lipinski definition) is 3. The summed E-state index contributed by atoms with van der Waals surface area (Å²) in [6, 6.07) is 14.5. The van der Waals surface area contributed by atoms with Gasteiger partial charge in [-0.15, -0.1) is 0 Å². The summed E-state index contributed by atoms with van der Waals surface area (Å²) in [5, 5.41) is 20.8. The van der Waals surface area contributed by atoms with Crippen LogP contribution in [0, 0.1) is 0 Å². The number of carboxylic acid groups (broad SMARTS) is 1.